The van der Waals surface area contributed by atoms with Crippen LogP contribution in [0.2, 0.25) is 0 Å². The van der Waals surface area contributed by atoms with Crippen LogP contribution in [0, 0.1) is 0 Å². The average molecular weight is 415 g/mol. The van der Waals surface area contributed by atoms with E-state index < -0.39 is 41.7 Å². The van der Waals surface area contributed by atoms with E-state index in [1.165, 1.54) is 12.1 Å². The summed E-state index contributed by atoms with van der Waals surface area (Å²) in [4.78, 5) is 16.9. The number of aliphatic hydroxyl groups is 1. The fourth-order valence-corrected chi connectivity index (χ4v) is 2.86. The van der Waals surface area contributed by atoms with Gasteiger partial charge >= 0.3 is 6.18 Å². The number of amides is 1. The molecule has 1 saturated heterocycles. The Kier molecular flexibility index (Phi) is 5.62. The SMILES string of the molecule is NCc1cc(Oc2cc(O)cc(C(=O)N3C[C@H](O)[C@@H](F)C3)c2)nc(C(F)(F)F)c1. The highest BCUT2D eigenvalue weighted by Gasteiger charge is 2.35. The third-order valence-electron chi connectivity index (χ3n) is 4.26. The Morgan fingerprint density at radius 2 is 1.97 bits per heavy atom. The van der Waals surface area contributed by atoms with Crippen molar-refractivity contribution in [1.82, 2.24) is 9.88 Å². The van der Waals surface area contributed by atoms with Gasteiger partial charge in [0.15, 0.2) is 0 Å². The zero-order valence-corrected chi connectivity index (χ0v) is 14.9. The van der Waals surface area contributed by atoms with Gasteiger partial charge in [0, 0.05) is 30.8 Å². The molecule has 1 amide bonds. The number of aliphatic hydroxyl groups excluding tert-OH is 1. The molecule has 2 aromatic rings. The molecule has 1 aliphatic rings. The Balaban J connectivity index is 1.88. The number of pyridine rings is 1. The number of likely N-dealkylation sites (tertiary alicyclic amines) is 1. The highest BCUT2D eigenvalue weighted by atomic mass is 19.4. The Labute approximate surface area is 162 Å². The number of nitrogens with zero attached hydrogens (tertiary/aromatic N) is 2. The van der Waals surface area contributed by atoms with Crippen molar-refractivity contribution in [3.63, 3.8) is 0 Å². The molecule has 1 fully saturated rings. The fourth-order valence-electron chi connectivity index (χ4n) is 2.86. The van der Waals surface area contributed by atoms with E-state index in [1.54, 1.807) is 0 Å². The molecule has 0 bridgehead atoms. The number of hydrogen-bond donors (Lipinski definition) is 3. The minimum atomic E-state index is -4.72. The molecule has 0 spiro atoms. The molecule has 0 aliphatic carbocycles. The first-order valence-corrected chi connectivity index (χ1v) is 8.48. The Hall–Kier alpha value is -2.92. The number of ether oxygens (including phenoxy) is 1. The molecule has 1 aromatic heterocycles. The summed E-state index contributed by atoms with van der Waals surface area (Å²) in [5, 5.41) is 19.3. The molecule has 4 N–H and O–H groups in total. The third-order valence-corrected chi connectivity index (χ3v) is 4.26. The topological polar surface area (TPSA) is 109 Å². The van der Waals surface area contributed by atoms with E-state index in [0.29, 0.717) is 0 Å². The molecule has 1 aromatic carbocycles. The van der Waals surface area contributed by atoms with Crippen molar-refractivity contribution in [3.05, 3.63) is 47.2 Å². The molecule has 2 heterocycles. The first-order valence-electron chi connectivity index (χ1n) is 8.48. The van der Waals surface area contributed by atoms with Gasteiger partial charge in [0.05, 0.1) is 6.54 Å². The number of carbonyl (C=O) groups excluding carboxylic acids is 1. The Morgan fingerprint density at radius 3 is 2.55 bits per heavy atom. The zero-order valence-electron chi connectivity index (χ0n) is 14.9. The molecule has 156 valence electrons. The van der Waals surface area contributed by atoms with E-state index in [0.717, 1.165) is 23.1 Å². The lowest BCUT2D eigenvalue weighted by atomic mass is 10.1. The maximum Gasteiger partial charge on any atom is 0.433 e. The smallest absolute Gasteiger partial charge is 0.433 e. The summed E-state index contributed by atoms with van der Waals surface area (Å²) in [7, 11) is 0. The van der Waals surface area contributed by atoms with Crippen molar-refractivity contribution >= 4 is 5.91 Å². The number of benzene rings is 1. The quantitative estimate of drug-likeness (QED) is 0.661. The fraction of sp³-hybridized carbons (Fsp3) is 0.333. The summed E-state index contributed by atoms with van der Waals surface area (Å²) >= 11 is 0. The van der Waals surface area contributed by atoms with Gasteiger partial charge in [0.1, 0.15) is 29.5 Å². The van der Waals surface area contributed by atoms with Crippen molar-refractivity contribution in [1.29, 1.82) is 0 Å². The van der Waals surface area contributed by atoms with Crippen molar-refractivity contribution in [2.24, 2.45) is 5.73 Å². The second-order valence-corrected chi connectivity index (χ2v) is 6.51. The van der Waals surface area contributed by atoms with Crippen LogP contribution >= 0.6 is 0 Å². The molecule has 7 nitrogen and oxygen atoms in total. The minimum Gasteiger partial charge on any atom is -0.508 e. The van der Waals surface area contributed by atoms with Crippen LogP contribution in [-0.4, -0.2) is 51.4 Å². The van der Waals surface area contributed by atoms with Gasteiger partial charge < -0.3 is 25.6 Å². The number of carbonyl (C=O) groups is 1. The van der Waals surface area contributed by atoms with E-state index >= 15 is 0 Å². The Bertz CT molecular complexity index is 912. The molecule has 11 heteroatoms. The number of alkyl halides is 4. The first kappa shape index (κ1) is 20.8. The summed E-state index contributed by atoms with van der Waals surface area (Å²) in [6.07, 6.45) is -7.62. The van der Waals surface area contributed by atoms with Gasteiger partial charge in [-0.1, -0.05) is 0 Å². The van der Waals surface area contributed by atoms with Gasteiger partial charge in [-0.15, -0.1) is 0 Å². The summed E-state index contributed by atoms with van der Waals surface area (Å²) in [5.41, 5.74) is 4.24. The van der Waals surface area contributed by atoms with Crippen LogP contribution < -0.4 is 10.5 Å². The lowest BCUT2D eigenvalue weighted by Crippen LogP contribution is -2.29. The summed E-state index contributed by atoms with van der Waals surface area (Å²) in [6, 6.07) is 5.33. The number of nitrogens with two attached hydrogens (primary N) is 1. The summed E-state index contributed by atoms with van der Waals surface area (Å²) < 4.78 is 57.8. The second-order valence-electron chi connectivity index (χ2n) is 6.51. The lowest BCUT2D eigenvalue weighted by molar-refractivity contribution is -0.141. The number of phenolic OH excluding ortho intramolecular Hbond substituents is 1. The van der Waals surface area contributed by atoms with Gasteiger partial charge in [0.2, 0.25) is 5.88 Å². The molecule has 0 saturated carbocycles. The summed E-state index contributed by atoms with van der Waals surface area (Å²) in [5.74, 6) is -1.65. The number of β-amino-alcohol motifs (C(OH)–C–C–N with tert-alkyl or cyclic N) is 1. The molecule has 0 unspecified atom stereocenters. The van der Waals surface area contributed by atoms with Gasteiger partial charge in [0.25, 0.3) is 5.91 Å². The number of aromatic hydroxyl groups is 1. The molecule has 3 rings (SSSR count). The van der Waals surface area contributed by atoms with Crippen LogP contribution in [0.3, 0.4) is 0 Å². The van der Waals surface area contributed by atoms with Crippen molar-refractivity contribution in [2.75, 3.05) is 13.1 Å². The molecule has 0 radical (unpaired) electrons. The van der Waals surface area contributed by atoms with Crippen LogP contribution in [0.5, 0.6) is 17.4 Å². The van der Waals surface area contributed by atoms with Crippen LogP contribution in [0.15, 0.2) is 30.3 Å². The van der Waals surface area contributed by atoms with Crippen molar-refractivity contribution in [3.8, 4) is 17.4 Å². The number of rotatable bonds is 4. The normalized spacial score (nSPS) is 19.4. The predicted molar refractivity (Wildman–Crippen MR) is 92.1 cm³/mol. The Morgan fingerprint density at radius 1 is 1.24 bits per heavy atom. The van der Waals surface area contributed by atoms with Gasteiger partial charge in [-0.2, -0.15) is 13.2 Å². The highest BCUT2D eigenvalue weighted by Crippen LogP contribution is 2.32. The maximum atomic E-state index is 13.5. The van der Waals surface area contributed by atoms with Crippen LogP contribution in [0.1, 0.15) is 21.6 Å². The van der Waals surface area contributed by atoms with Gasteiger partial charge in [-0.3, -0.25) is 4.79 Å². The van der Waals surface area contributed by atoms with Gasteiger partial charge in [-0.25, -0.2) is 9.37 Å². The van der Waals surface area contributed by atoms with E-state index in [1.807, 2.05) is 0 Å². The molecular weight excluding hydrogens is 398 g/mol. The molecule has 2 atom stereocenters. The number of hydrogen-bond acceptors (Lipinski definition) is 6. The number of aromatic nitrogens is 1. The van der Waals surface area contributed by atoms with Crippen LogP contribution in [0.4, 0.5) is 17.6 Å². The van der Waals surface area contributed by atoms with E-state index in [4.69, 9.17) is 10.5 Å². The molecule has 1 aliphatic heterocycles. The third kappa shape index (κ3) is 4.74. The zero-order chi connectivity index (χ0) is 21.3. The van der Waals surface area contributed by atoms with E-state index in [-0.39, 0.29) is 36.5 Å². The predicted octanol–water partition coefficient (Wildman–Crippen LogP) is 2.21. The maximum absolute atomic E-state index is 13.5. The van der Waals surface area contributed by atoms with Crippen molar-refractivity contribution < 1.29 is 37.3 Å². The monoisotopic (exact) mass is 415 g/mol. The average Bonchev–Trinajstić information content (AvgIpc) is 2.98. The largest absolute Gasteiger partial charge is 0.508 e. The minimum absolute atomic E-state index is 0.0904. The lowest BCUT2D eigenvalue weighted by Gasteiger charge is -2.16. The number of halogens is 4. The van der Waals surface area contributed by atoms with Crippen LogP contribution in [-0.2, 0) is 12.7 Å². The highest BCUT2D eigenvalue weighted by molar-refractivity contribution is 5.95. The van der Waals surface area contributed by atoms with Crippen LogP contribution in [0.25, 0.3) is 0 Å². The van der Waals surface area contributed by atoms with Gasteiger partial charge in [-0.05, 0) is 23.8 Å². The number of phenols is 1. The van der Waals surface area contributed by atoms with E-state index in [9.17, 15) is 32.6 Å². The standard InChI is InChI=1S/C18H17F4N3O4/c19-13-7-25(8-14(13)27)17(28)10-3-11(26)5-12(4-10)29-16-2-9(6-23)1-15(24-16)18(20,21)22/h1-5,13-14,26-27H,6-8,23H2/t13-,14-/m0/s1. The molecular formula is C18H17F4N3O4. The first-order chi connectivity index (χ1) is 13.6. The summed E-state index contributed by atoms with van der Waals surface area (Å²) in [6.45, 7) is -0.727. The van der Waals surface area contributed by atoms with Crippen molar-refractivity contribution in [2.45, 2.75) is 25.0 Å². The molecule has 29 heavy (non-hydrogen) atoms. The van der Waals surface area contributed by atoms with E-state index in [2.05, 4.69) is 4.98 Å². The second kappa shape index (κ2) is 7.84.